The quantitative estimate of drug-likeness (QED) is 0.798. The molecular formula is C12H12N2S. The summed E-state index contributed by atoms with van der Waals surface area (Å²) in [7, 11) is 0. The Balaban J connectivity index is 2.30. The number of rotatable bonds is 3. The van der Waals surface area contributed by atoms with Gasteiger partial charge in [-0.05, 0) is 30.4 Å². The molecule has 0 fully saturated rings. The van der Waals surface area contributed by atoms with Crippen LogP contribution in [0.2, 0.25) is 0 Å². The first-order valence-electron chi connectivity index (χ1n) is 4.89. The van der Waals surface area contributed by atoms with Gasteiger partial charge in [0, 0.05) is 0 Å². The van der Waals surface area contributed by atoms with Gasteiger partial charge in [0.1, 0.15) is 0 Å². The first kappa shape index (κ1) is 10.2. The van der Waals surface area contributed by atoms with Crippen LogP contribution in [0.25, 0.3) is 17.1 Å². The van der Waals surface area contributed by atoms with Crippen LogP contribution in [-0.4, -0.2) is 15.7 Å². The molecular weight excluding hydrogens is 204 g/mol. The van der Waals surface area contributed by atoms with Crippen molar-refractivity contribution in [2.24, 2.45) is 0 Å². The fourth-order valence-corrected chi connectivity index (χ4v) is 1.48. The zero-order valence-corrected chi connectivity index (χ0v) is 9.19. The van der Waals surface area contributed by atoms with Gasteiger partial charge >= 0.3 is 0 Å². The van der Waals surface area contributed by atoms with E-state index < -0.39 is 0 Å². The van der Waals surface area contributed by atoms with Crippen LogP contribution in [0.15, 0.2) is 36.5 Å². The second-order valence-electron chi connectivity index (χ2n) is 3.20. The third-order valence-electron chi connectivity index (χ3n) is 2.05. The molecule has 2 rings (SSSR count). The number of hydrogen-bond donors (Lipinski definition) is 1. The summed E-state index contributed by atoms with van der Waals surface area (Å²) in [5.74, 6) is 0.859. The standard InChI is InChI=1S/C12H12N2S/c15-8-4-3-5-10-9-13-11-6-1-2-7-12(11)14-10/h1-3,5-7,9,15H,4,8H2. The average molecular weight is 216 g/mol. The highest BCUT2D eigenvalue weighted by atomic mass is 32.1. The lowest BCUT2D eigenvalue weighted by Gasteiger charge is -1.97. The summed E-state index contributed by atoms with van der Waals surface area (Å²) in [5, 5.41) is 0. The topological polar surface area (TPSA) is 25.8 Å². The number of fused-ring (bicyclic) bond motifs is 1. The number of benzene rings is 1. The average Bonchev–Trinajstić information content (AvgIpc) is 2.29. The Labute approximate surface area is 94.5 Å². The molecule has 0 saturated carbocycles. The molecule has 2 nitrogen and oxygen atoms in total. The fourth-order valence-electron chi connectivity index (χ4n) is 1.33. The molecule has 3 heteroatoms. The maximum absolute atomic E-state index is 4.47. The zero-order valence-electron chi connectivity index (χ0n) is 8.30. The molecule has 0 aliphatic heterocycles. The van der Waals surface area contributed by atoms with Crippen LogP contribution in [0.5, 0.6) is 0 Å². The SMILES string of the molecule is SCCC=Cc1cnc2ccccc2n1. The summed E-state index contributed by atoms with van der Waals surface area (Å²) in [6, 6.07) is 7.87. The van der Waals surface area contributed by atoms with Gasteiger partial charge in [0.05, 0.1) is 22.9 Å². The van der Waals surface area contributed by atoms with Gasteiger partial charge in [-0.15, -0.1) is 0 Å². The lowest BCUT2D eigenvalue weighted by Crippen LogP contribution is -1.86. The van der Waals surface area contributed by atoms with Crippen molar-refractivity contribution in [2.45, 2.75) is 6.42 Å². The summed E-state index contributed by atoms with van der Waals surface area (Å²) < 4.78 is 0. The van der Waals surface area contributed by atoms with E-state index >= 15 is 0 Å². The molecule has 1 aromatic carbocycles. The molecule has 0 aliphatic rings. The van der Waals surface area contributed by atoms with E-state index in [0.717, 1.165) is 28.9 Å². The minimum Gasteiger partial charge on any atom is -0.252 e. The first-order valence-corrected chi connectivity index (χ1v) is 5.52. The molecule has 0 N–H and O–H groups in total. The van der Waals surface area contributed by atoms with E-state index in [-0.39, 0.29) is 0 Å². The first-order chi connectivity index (χ1) is 7.40. The summed E-state index contributed by atoms with van der Waals surface area (Å²) in [4.78, 5) is 8.80. The van der Waals surface area contributed by atoms with Crippen molar-refractivity contribution in [3.05, 3.63) is 42.2 Å². The van der Waals surface area contributed by atoms with Crippen molar-refractivity contribution in [3.63, 3.8) is 0 Å². The Morgan fingerprint density at radius 2 is 2.00 bits per heavy atom. The van der Waals surface area contributed by atoms with Crippen LogP contribution in [0.3, 0.4) is 0 Å². The summed E-state index contributed by atoms with van der Waals surface area (Å²) in [5.41, 5.74) is 2.77. The Hall–Kier alpha value is -1.35. The van der Waals surface area contributed by atoms with Crippen molar-refractivity contribution >= 4 is 29.7 Å². The minimum atomic E-state index is 0.859. The third-order valence-corrected chi connectivity index (χ3v) is 2.31. The van der Waals surface area contributed by atoms with Gasteiger partial charge in [0.25, 0.3) is 0 Å². The largest absolute Gasteiger partial charge is 0.252 e. The maximum atomic E-state index is 4.47. The Morgan fingerprint density at radius 1 is 1.20 bits per heavy atom. The van der Waals surface area contributed by atoms with Crippen molar-refractivity contribution in [2.75, 3.05) is 5.75 Å². The van der Waals surface area contributed by atoms with E-state index in [4.69, 9.17) is 0 Å². The van der Waals surface area contributed by atoms with E-state index in [9.17, 15) is 0 Å². The predicted molar refractivity (Wildman–Crippen MR) is 67.0 cm³/mol. The van der Waals surface area contributed by atoms with Gasteiger partial charge in [0.15, 0.2) is 0 Å². The van der Waals surface area contributed by atoms with Gasteiger partial charge in [-0.3, -0.25) is 4.98 Å². The number of nitrogens with zero attached hydrogens (tertiary/aromatic N) is 2. The summed E-state index contributed by atoms with van der Waals surface area (Å²) >= 11 is 4.14. The van der Waals surface area contributed by atoms with E-state index in [1.54, 1.807) is 6.20 Å². The monoisotopic (exact) mass is 216 g/mol. The molecule has 0 amide bonds. The van der Waals surface area contributed by atoms with Crippen molar-refractivity contribution < 1.29 is 0 Å². The van der Waals surface area contributed by atoms with Crippen LogP contribution in [-0.2, 0) is 0 Å². The molecule has 15 heavy (non-hydrogen) atoms. The van der Waals surface area contributed by atoms with Crippen molar-refractivity contribution in [3.8, 4) is 0 Å². The van der Waals surface area contributed by atoms with Crippen LogP contribution in [0, 0.1) is 0 Å². The second kappa shape index (κ2) is 4.94. The normalized spacial score (nSPS) is 11.3. The third kappa shape index (κ3) is 2.57. The summed E-state index contributed by atoms with van der Waals surface area (Å²) in [6.07, 6.45) is 6.79. The van der Waals surface area contributed by atoms with E-state index in [2.05, 4.69) is 28.7 Å². The van der Waals surface area contributed by atoms with Gasteiger partial charge in [-0.25, -0.2) is 4.98 Å². The van der Waals surface area contributed by atoms with Crippen molar-refractivity contribution in [1.82, 2.24) is 9.97 Å². The van der Waals surface area contributed by atoms with Crippen LogP contribution in [0.4, 0.5) is 0 Å². The lowest BCUT2D eigenvalue weighted by atomic mass is 10.3. The number of thiol groups is 1. The molecule has 1 heterocycles. The minimum absolute atomic E-state index is 0.859. The van der Waals surface area contributed by atoms with Gasteiger partial charge < -0.3 is 0 Å². The maximum Gasteiger partial charge on any atom is 0.0894 e. The molecule has 0 atom stereocenters. The Kier molecular flexibility index (Phi) is 3.35. The van der Waals surface area contributed by atoms with Gasteiger partial charge in [-0.1, -0.05) is 18.2 Å². The molecule has 0 aliphatic carbocycles. The van der Waals surface area contributed by atoms with Crippen LogP contribution < -0.4 is 0 Å². The molecule has 1 aromatic heterocycles. The number of allylic oxidation sites excluding steroid dienone is 1. The number of aromatic nitrogens is 2. The van der Waals surface area contributed by atoms with E-state index in [0.29, 0.717) is 0 Å². The molecule has 76 valence electrons. The smallest absolute Gasteiger partial charge is 0.0894 e. The predicted octanol–water partition coefficient (Wildman–Crippen LogP) is 2.96. The summed E-state index contributed by atoms with van der Waals surface area (Å²) in [6.45, 7) is 0. The van der Waals surface area contributed by atoms with E-state index in [1.165, 1.54) is 0 Å². The van der Waals surface area contributed by atoms with Gasteiger partial charge in [0.2, 0.25) is 0 Å². The molecule has 0 unspecified atom stereocenters. The number of para-hydroxylation sites is 2. The highest BCUT2D eigenvalue weighted by molar-refractivity contribution is 7.80. The number of hydrogen-bond acceptors (Lipinski definition) is 3. The van der Waals surface area contributed by atoms with Crippen molar-refractivity contribution in [1.29, 1.82) is 0 Å². The van der Waals surface area contributed by atoms with E-state index in [1.807, 2.05) is 30.3 Å². The molecule has 0 spiro atoms. The molecule has 0 bridgehead atoms. The lowest BCUT2D eigenvalue weighted by molar-refractivity contribution is 1.24. The highest BCUT2D eigenvalue weighted by Crippen LogP contribution is 2.09. The molecule has 0 radical (unpaired) electrons. The zero-order chi connectivity index (χ0) is 10.5. The highest BCUT2D eigenvalue weighted by Gasteiger charge is 1.94. The Morgan fingerprint density at radius 3 is 2.80 bits per heavy atom. The molecule has 2 aromatic rings. The van der Waals surface area contributed by atoms with Gasteiger partial charge in [-0.2, -0.15) is 12.6 Å². The molecule has 0 saturated heterocycles. The Bertz CT molecular complexity index is 480. The second-order valence-corrected chi connectivity index (χ2v) is 3.65. The van der Waals surface area contributed by atoms with Crippen LogP contribution in [0.1, 0.15) is 12.1 Å². The fraction of sp³-hybridized carbons (Fsp3) is 0.167. The van der Waals surface area contributed by atoms with Crippen LogP contribution >= 0.6 is 12.6 Å².